The van der Waals surface area contributed by atoms with E-state index >= 15 is 0 Å². The highest BCUT2D eigenvalue weighted by Gasteiger charge is 2.30. The van der Waals surface area contributed by atoms with Crippen LogP contribution in [0.1, 0.15) is 33.6 Å². The predicted octanol–water partition coefficient (Wildman–Crippen LogP) is 3.52. The van der Waals surface area contributed by atoms with Gasteiger partial charge in [-0.2, -0.15) is 0 Å². The van der Waals surface area contributed by atoms with Crippen LogP contribution in [0.2, 0.25) is 0 Å². The molecule has 1 saturated carbocycles. The number of anilines is 1. The Labute approximate surface area is 151 Å². The topological polar surface area (TPSA) is 67.4 Å². The van der Waals surface area contributed by atoms with Gasteiger partial charge in [-0.1, -0.05) is 12.1 Å². The molecule has 1 aromatic heterocycles. The number of carbonyl (C=O) groups is 2. The molecule has 6 heteroatoms. The van der Waals surface area contributed by atoms with Gasteiger partial charge < -0.3 is 15.4 Å². The van der Waals surface area contributed by atoms with Gasteiger partial charge in [-0.3, -0.25) is 9.59 Å². The molecule has 2 amide bonds. The van der Waals surface area contributed by atoms with Gasteiger partial charge in [0.2, 0.25) is 5.91 Å². The van der Waals surface area contributed by atoms with Gasteiger partial charge in [0.25, 0.3) is 5.91 Å². The number of hydrogen-bond donors (Lipinski definition) is 2. The van der Waals surface area contributed by atoms with Crippen molar-refractivity contribution in [2.75, 3.05) is 18.5 Å². The summed E-state index contributed by atoms with van der Waals surface area (Å²) in [4.78, 5) is 24.7. The fraction of sp³-hybridized carbons (Fsp3) is 0.368. The Balaban J connectivity index is 1.47. The highest BCUT2D eigenvalue weighted by molar-refractivity contribution is 7.18. The number of nitrogens with one attached hydrogen (secondary N) is 2. The lowest BCUT2D eigenvalue weighted by Crippen LogP contribution is -2.27. The summed E-state index contributed by atoms with van der Waals surface area (Å²) in [6, 6.07) is 9.65. The quantitative estimate of drug-likeness (QED) is 0.744. The maximum Gasteiger partial charge on any atom is 0.261 e. The summed E-state index contributed by atoms with van der Waals surface area (Å²) in [7, 11) is 0. The van der Waals surface area contributed by atoms with Crippen LogP contribution in [0.25, 0.3) is 0 Å². The molecule has 25 heavy (non-hydrogen) atoms. The number of ether oxygens (including phenoxy) is 1. The maximum atomic E-state index is 12.3. The van der Waals surface area contributed by atoms with Crippen LogP contribution < -0.4 is 15.4 Å². The zero-order valence-electron chi connectivity index (χ0n) is 14.4. The van der Waals surface area contributed by atoms with E-state index in [4.69, 9.17) is 4.74 Å². The molecular weight excluding hydrogens is 336 g/mol. The lowest BCUT2D eigenvalue weighted by Gasteiger charge is -2.08. The number of aryl methyl sites for hydroxylation is 2. The lowest BCUT2D eigenvalue weighted by atomic mass is 10.2. The highest BCUT2D eigenvalue weighted by atomic mass is 32.1. The van der Waals surface area contributed by atoms with Crippen LogP contribution in [0.5, 0.6) is 5.75 Å². The lowest BCUT2D eigenvalue weighted by molar-refractivity contribution is -0.117. The average Bonchev–Trinajstić information content (AvgIpc) is 3.36. The first-order chi connectivity index (χ1) is 12.0. The van der Waals surface area contributed by atoms with Crippen LogP contribution in [0.15, 0.2) is 30.3 Å². The molecule has 1 aliphatic carbocycles. The minimum absolute atomic E-state index is 0.0553. The Bertz CT molecular complexity index is 781. The van der Waals surface area contributed by atoms with E-state index < -0.39 is 0 Å². The van der Waals surface area contributed by atoms with Crippen molar-refractivity contribution >= 4 is 28.2 Å². The molecule has 1 fully saturated rings. The van der Waals surface area contributed by atoms with E-state index in [0.29, 0.717) is 18.0 Å². The number of benzene rings is 1. The zero-order chi connectivity index (χ0) is 17.8. The highest BCUT2D eigenvalue weighted by Crippen LogP contribution is 2.32. The molecule has 1 heterocycles. The Morgan fingerprint density at radius 2 is 2.04 bits per heavy atom. The summed E-state index contributed by atoms with van der Waals surface area (Å²) in [6.07, 6.45) is 1.93. The molecule has 0 unspecified atom stereocenters. The minimum Gasteiger partial charge on any atom is -0.492 e. The average molecular weight is 358 g/mol. The largest absolute Gasteiger partial charge is 0.492 e. The zero-order valence-corrected chi connectivity index (χ0v) is 15.2. The van der Waals surface area contributed by atoms with Crippen molar-refractivity contribution in [2.24, 2.45) is 5.92 Å². The summed E-state index contributed by atoms with van der Waals surface area (Å²) in [6.45, 7) is 4.72. The van der Waals surface area contributed by atoms with Gasteiger partial charge in [0, 0.05) is 5.92 Å². The van der Waals surface area contributed by atoms with Crippen LogP contribution in [-0.2, 0) is 4.79 Å². The summed E-state index contributed by atoms with van der Waals surface area (Å²) in [5.74, 6) is 0.868. The number of carbonyl (C=O) groups excluding carboxylic acids is 2. The third-order valence-corrected chi connectivity index (χ3v) is 5.12. The van der Waals surface area contributed by atoms with E-state index in [9.17, 15) is 9.59 Å². The standard InChI is InChI=1S/C19H22N2O3S/c1-12-4-3-5-15(10-12)24-9-8-20-19(23)17-13(2)11-16(25-17)21-18(22)14-6-7-14/h3-5,10-11,14H,6-9H2,1-2H3,(H,20,23)(H,21,22). The third kappa shape index (κ3) is 4.82. The van der Waals surface area contributed by atoms with Crippen LogP contribution in [0.4, 0.5) is 5.00 Å². The van der Waals surface area contributed by atoms with Crippen LogP contribution in [-0.4, -0.2) is 25.0 Å². The van der Waals surface area contributed by atoms with Gasteiger partial charge in [0.15, 0.2) is 0 Å². The molecule has 132 valence electrons. The summed E-state index contributed by atoms with van der Waals surface area (Å²) >= 11 is 1.31. The monoisotopic (exact) mass is 358 g/mol. The Morgan fingerprint density at radius 1 is 1.24 bits per heavy atom. The van der Waals surface area contributed by atoms with Crippen LogP contribution in [0, 0.1) is 19.8 Å². The Morgan fingerprint density at radius 3 is 2.76 bits per heavy atom. The number of rotatable bonds is 7. The van der Waals surface area contributed by atoms with E-state index in [0.717, 1.165) is 34.7 Å². The van der Waals surface area contributed by atoms with Crippen molar-refractivity contribution in [2.45, 2.75) is 26.7 Å². The Kier molecular flexibility index (Phi) is 5.38. The molecule has 0 spiro atoms. The number of hydrogen-bond acceptors (Lipinski definition) is 4. The van der Waals surface area contributed by atoms with Gasteiger partial charge in [-0.15, -0.1) is 11.3 Å². The SMILES string of the molecule is Cc1cccc(OCCNC(=O)c2sc(NC(=O)C3CC3)cc2C)c1. The molecule has 1 aliphatic rings. The van der Waals surface area contributed by atoms with Crippen LogP contribution >= 0.6 is 11.3 Å². The molecule has 0 saturated heterocycles. The van der Waals surface area contributed by atoms with E-state index in [1.165, 1.54) is 11.3 Å². The van der Waals surface area contributed by atoms with Gasteiger partial charge in [0.1, 0.15) is 12.4 Å². The first-order valence-electron chi connectivity index (χ1n) is 8.42. The second-order valence-electron chi connectivity index (χ2n) is 6.31. The minimum atomic E-state index is -0.137. The third-order valence-electron chi connectivity index (χ3n) is 3.96. The second-order valence-corrected chi connectivity index (χ2v) is 7.36. The van der Waals surface area contributed by atoms with E-state index in [1.54, 1.807) is 0 Å². The van der Waals surface area contributed by atoms with Crippen molar-refractivity contribution in [3.05, 3.63) is 46.3 Å². The van der Waals surface area contributed by atoms with E-state index in [1.807, 2.05) is 44.2 Å². The van der Waals surface area contributed by atoms with Gasteiger partial charge in [-0.25, -0.2) is 0 Å². The van der Waals surface area contributed by atoms with Crippen LogP contribution in [0.3, 0.4) is 0 Å². The molecule has 5 nitrogen and oxygen atoms in total. The van der Waals surface area contributed by atoms with Crippen molar-refractivity contribution in [1.82, 2.24) is 5.32 Å². The van der Waals surface area contributed by atoms with Gasteiger partial charge in [0.05, 0.1) is 16.4 Å². The normalized spacial score (nSPS) is 13.4. The predicted molar refractivity (Wildman–Crippen MR) is 99.4 cm³/mol. The molecule has 0 aliphatic heterocycles. The molecule has 1 aromatic carbocycles. The summed E-state index contributed by atoms with van der Waals surface area (Å²) in [5, 5.41) is 6.48. The summed E-state index contributed by atoms with van der Waals surface area (Å²) < 4.78 is 5.63. The summed E-state index contributed by atoms with van der Waals surface area (Å²) in [5.41, 5.74) is 2.00. The number of amides is 2. The van der Waals surface area contributed by atoms with E-state index in [2.05, 4.69) is 10.6 Å². The second kappa shape index (κ2) is 7.70. The van der Waals surface area contributed by atoms with Crippen molar-refractivity contribution in [3.8, 4) is 5.75 Å². The molecule has 0 bridgehead atoms. The fourth-order valence-electron chi connectivity index (χ4n) is 2.46. The van der Waals surface area contributed by atoms with E-state index in [-0.39, 0.29) is 17.7 Å². The molecule has 0 radical (unpaired) electrons. The first kappa shape index (κ1) is 17.5. The molecule has 0 atom stereocenters. The first-order valence-corrected chi connectivity index (χ1v) is 9.23. The smallest absolute Gasteiger partial charge is 0.261 e. The fourth-order valence-corrected chi connectivity index (χ4v) is 3.45. The van der Waals surface area contributed by atoms with Crippen molar-refractivity contribution < 1.29 is 14.3 Å². The molecule has 2 aromatic rings. The Hall–Kier alpha value is -2.34. The molecule has 3 rings (SSSR count). The molecule has 2 N–H and O–H groups in total. The van der Waals surface area contributed by atoms with Crippen molar-refractivity contribution in [3.63, 3.8) is 0 Å². The van der Waals surface area contributed by atoms with Gasteiger partial charge >= 0.3 is 0 Å². The maximum absolute atomic E-state index is 12.3. The van der Waals surface area contributed by atoms with Gasteiger partial charge in [-0.05, 0) is 56.0 Å². The van der Waals surface area contributed by atoms with Crippen molar-refractivity contribution in [1.29, 1.82) is 0 Å². The molecular formula is C19H22N2O3S. The number of thiophene rings is 1.